The standard InChI is InChI=1S/C18H20N2O/c1-13-10-15-7-4-5-9-17(15)20(13)18(21)11-14-6-2-3-8-16(14)12-19/h2-9,13H,10-12,19H2,1H3. The molecule has 3 rings (SSSR count). The highest BCUT2D eigenvalue weighted by molar-refractivity contribution is 5.97. The highest BCUT2D eigenvalue weighted by atomic mass is 16.2. The van der Waals surface area contributed by atoms with Crippen molar-refractivity contribution >= 4 is 11.6 Å². The Labute approximate surface area is 125 Å². The molecule has 2 N–H and O–H groups in total. The van der Waals surface area contributed by atoms with Gasteiger partial charge in [0.05, 0.1) is 6.42 Å². The average Bonchev–Trinajstić information content (AvgIpc) is 2.83. The van der Waals surface area contributed by atoms with E-state index in [1.54, 1.807) is 0 Å². The third kappa shape index (κ3) is 2.57. The van der Waals surface area contributed by atoms with Crippen molar-refractivity contribution in [3.05, 3.63) is 65.2 Å². The van der Waals surface area contributed by atoms with Crippen LogP contribution in [0, 0.1) is 0 Å². The van der Waals surface area contributed by atoms with E-state index in [1.165, 1.54) is 5.56 Å². The molecule has 0 aromatic heterocycles. The summed E-state index contributed by atoms with van der Waals surface area (Å²) >= 11 is 0. The molecule has 1 heterocycles. The van der Waals surface area contributed by atoms with Crippen LogP contribution in [0.3, 0.4) is 0 Å². The van der Waals surface area contributed by atoms with Crippen LogP contribution in [-0.4, -0.2) is 11.9 Å². The van der Waals surface area contributed by atoms with Gasteiger partial charge in [0.15, 0.2) is 0 Å². The number of carbonyl (C=O) groups is 1. The summed E-state index contributed by atoms with van der Waals surface area (Å²) in [6.45, 7) is 2.57. The van der Waals surface area contributed by atoms with Gasteiger partial charge in [0.1, 0.15) is 0 Å². The molecule has 108 valence electrons. The number of anilines is 1. The van der Waals surface area contributed by atoms with Crippen LogP contribution >= 0.6 is 0 Å². The quantitative estimate of drug-likeness (QED) is 0.939. The summed E-state index contributed by atoms with van der Waals surface area (Å²) in [5.41, 5.74) is 10.1. The van der Waals surface area contributed by atoms with Crippen molar-refractivity contribution in [1.82, 2.24) is 0 Å². The maximum Gasteiger partial charge on any atom is 0.231 e. The first-order valence-corrected chi connectivity index (χ1v) is 7.37. The highest BCUT2D eigenvalue weighted by Gasteiger charge is 2.30. The molecule has 3 nitrogen and oxygen atoms in total. The van der Waals surface area contributed by atoms with Crippen molar-refractivity contribution in [2.24, 2.45) is 5.73 Å². The maximum atomic E-state index is 12.7. The minimum absolute atomic E-state index is 0.147. The molecule has 1 amide bonds. The first-order chi connectivity index (χ1) is 10.2. The van der Waals surface area contributed by atoms with Crippen molar-refractivity contribution in [2.75, 3.05) is 4.90 Å². The zero-order chi connectivity index (χ0) is 14.8. The fourth-order valence-electron chi connectivity index (χ4n) is 3.12. The van der Waals surface area contributed by atoms with Crippen LogP contribution < -0.4 is 10.6 Å². The molecule has 2 aromatic rings. The Balaban J connectivity index is 1.86. The molecule has 0 saturated carbocycles. The molecule has 0 radical (unpaired) electrons. The van der Waals surface area contributed by atoms with Gasteiger partial charge in [-0.1, -0.05) is 42.5 Å². The minimum atomic E-state index is 0.147. The van der Waals surface area contributed by atoms with Gasteiger partial charge in [0.2, 0.25) is 5.91 Å². The smallest absolute Gasteiger partial charge is 0.231 e. The summed E-state index contributed by atoms with van der Waals surface area (Å²) in [5, 5.41) is 0. The van der Waals surface area contributed by atoms with Gasteiger partial charge in [-0.25, -0.2) is 0 Å². The van der Waals surface area contributed by atoms with E-state index in [2.05, 4.69) is 13.0 Å². The molecule has 21 heavy (non-hydrogen) atoms. The van der Waals surface area contributed by atoms with E-state index in [-0.39, 0.29) is 11.9 Å². The zero-order valence-electron chi connectivity index (χ0n) is 12.3. The van der Waals surface area contributed by atoms with Gasteiger partial charge in [0.25, 0.3) is 0 Å². The molecule has 3 heteroatoms. The van der Waals surface area contributed by atoms with Crippen LogP contribution in [0.2, 0.25) is 0 Å². The first kappa shape index (κ1) is 13.8. The summed E-state index contributed by atoms with van der Waals surface area (Å²) in [4.78, 5) is 14.7. The largest absolute Gasteiger partial charge is 0.326 e. The molecule has 0 spiro atoms. The van der Waals surface area contributed by atoms with E-state index >= 15 is 0 Å². The zero-order valence-corrected chi connectivity index (χ0v) is 12.3. The van der Waals surface area contributed by atoms with Crippen LogP contribution in [0.25, 0.3) is 0 Å². The fraction of sp³-hybridized carbons (Fsp3) is 0.278. The molecule has 0 bridgehead atoms. The average molecular weight is 280 g/mol. The lowest BCUT2D eigenvalue weighted by Crippen LogP contribution is -2.37. The number of benzene rings is 2. The summed E-state index contributed by atoms with van der Waals surface area (Å²) in [6, 6.07) is 16.3. The predicted molar refractivity (Wildman–Crippen MR) is 85.1 cm³/mol. The van der Waals surface area contributed by atoms with Gasteiger partial charge in [-0.15, -0.1) is 0 Å². The maximum absolute atomic E-state index is 12.7. The second-order valence-corrected chi connectivity index (χ2v) is 5.60. The van der Waals surface area contributed by atoms with Gasteiger partial charge in [-0.2, -0.15) is 0 Å². The lowest BCUT2D eigenvalue weighted by molar-refractivity contribution is -0.118. The molecular weight excluding hydrogens is 260 g/mol. The summed E-state index contributed by atoms with van der Waals surface area (Å²) in [5.74, 6) is 0.147. The van der Waals surface area contributed by atoms with Gasteiger partial charge >= 0.3 is 0 Å². The molecule has 0 aliphatic carbocycles. The van der Waals surface area contributed by atoms with Crippen molar-refractivity contribution in [3.8, 4) is 0 Å². The van der Waals surface area contributed by atoms with E-state index in [4.69, 9.17) is 5.73 Å². The van der Waals surface area contributed by atoms with Crippen LogP contribution in [0.1, 0.15) is 23.6 Å². The molecule has 0 fully saturated rings. The number of carbonyl (C=O) groups excluding carboxylic acids is 1. The number of rotatable bonds is 3. The molecule has 1 aliphatic heterocycles. The number of hydrogen-bond acceptors (Lipinski definition) is 2. The van der Waals surface area contributed by atoms with E-state index in [9.17, 15) is 4.79 Å². The Morgan fingerprint density at radius 3 is 2.57 bits per heavy atom. The van der Waals surface area contributed by atoms with Crippen LogP contribution in [-0.2, 0) is 24.2 Å². The number of nitrogens with two attached hydrogens (primary N) is 1. The number of amides is 1. The number of nitrogens with zero attached hydrogens (tertiary/aromatic N) is 1. The van der Waals surface area contributed by atoms with Gasteiger partial charge < -0.3 is 10.6 Å². The van der Waals surface area contributed by atoms with Crippen molar-refractivity contribution in [1.29, 1.82) is 0 Å². The third-order valence-corrected chi connectivity index (χ3v) is 4.16. The third-order valence-electron chi connectivity index (χ3n) is 4.16. The van der Waals surface area contributed by atoms with Crippen molar-refractivity contribution in [2.45, 2.75) is 32.4 Å². The molecule has 0 saturated heterocycles. The lowest BCUT2D eigenvalue weighted by Gasteiger charge is -2.23. The van der Waals surface area contributed by atoms with Gasteiger partial charge in [-0.05, 0) is 36.1 Å². The highest BCUT2D eigenvalue weighted by Crippen LogP contribution is 2.32. The topological polar surface area (TPSA) is 46.3 Å². The Morgan fingerprint density at radius 2 is 1.81 bits per heavy atom. The fourth-order valence-corrected chi connectivity index (χ4v) is 3.12. The first-order valence-electron chi connectivity index (χ1n) is 7.37. The summed E-state index contributed by atoms with van der Waals surface area (Å²) < 4.78 is 0. The van der Waals surface area contributed by atoms with Crippen molar-refractivity contribution in [3.63, 3.8) is 0 Å². The Bertz CT molecular complexity index is 666. The van der Waals surface area contributed by atoms with Crippen LogP contribution in [0.4, 0.5) is 5.69 Å². The van der Waals surface area contributed by atoms with Gasteiger partial charge in [0, 0.05) is 18.3 Å². The number of para-hydroxylation sites is 1. The molecule has 2 aromatic carbocycles. The molecule has 1 unspecified atom stereocenters. The number of hydrogen-bond donors (Lipinski definition) is 1. The normalized spacial score (nSPS) is 16.9. The lowest BCUT2D eigenvalue weighted by atomic mass is 10.0. The van der Waals surface area contributed by atoms with E-state index in [0.717, 1.165) is 23.2 Å². The second-order valence-electron chi connectivity index (χ2n) is 5.60. The van der Waals surface area contributed by atoms with Gasteiger partial charge in [-0.3, -0.25) is 4.79 Å². The Morgan fingerprint density at radius 1 is 1.14 bits per heavy atom. The minimum Gasteiger partial charge on any atom is -0.326 e. The monoisotopic (exact) mass is 280 g/mol. The predicted octanol–water partition coefficient (Wildman–Crippen LogP) is 2.67. The SMILES string of the molecule is CC1Cc2ccccc2N1C(=O)Cc1ccccc1CN. The second kappa shape index (κ2) is 5.70. The molecular formula is C18H20N2O. The summed E-state index contributed by atoms with van der Waals surface area (Å²) in [6.07, 6.45) is 1.34. The molecule has 1 aliphatic rings. The van der Waals surface area contributed by atoms with E-state index in [1.807, 2.05) is 47.4 Å². The summed E-state index contributed by atoms with van der Waals surface area (Å²) in [7, 11) is 0. The Kier molecular flexibility index (Phi) is 3.76. The van der Waals surface area contributed by atoms with E-state index in [0.29, 0.717) is 13.0 Å². The van der Waals surface area contributed by atoms with E-state index < -0.39 is 0 Å². The van der Waals surface area contributed by atoms with Crippen molar-refractivity contribution < 1.29 is 4.79 Å². The van der Waals surface area contributed by atoms with Crippen LogP contribution in [0.15, 0.2) is 48.5 Å². The number of fused-ring (bicyclic) bond motifs is 1. The van der Waals surface area contributed by atoms with Crippen LogP contribution in [0.5, 0.6) is 0 Å². The molecule has 1 atom stereocenters. The Hall–Kier alpha value is -2.13.